The van der Waals surface area contributed by atoms with E-state index in [1.807, 2.05) is 125 Å². The predicted octanol–water partition coefficient (Wildman–Crippen LogP) is 21.9. The molecule has 1 fully saturated rings. The fraction of sp³-hybridized carbons (Fsp3) is 0.882. The summed E-state index contributed by atoms with van der Waals surface area (Å²) in [6.07, 6.45) is 21.4. The third-order valence-electron chi connectivity index (χ3n) is 3.98. The normalized spacial score (nSPS) is 10.4. The maximum Gasteiger partial charge on any atom is 0 e. The molecule has 0 nitrogen and oxygen atoms in total. The topological polar surface area (TPSA) is 0 Å². The summed E-state index contributed by atoms with van der Waals surface area (Å²) >= 11 is 0. The van der Waals surface area contributed by atoms with Crippen LogP contribution in [0.3, 0.4) is 0 Å². The minimum Gasteiger partial charge on any atom is -0.343 e. The van der Waals surface area contributed by atoms with Crippen LogP contribution in [0.15, 0.2) is 23.8 Å². The molecule has 0 aromatic rings. The molecule has 2 aliphatic rings. The molecule has 4 radical (unpaired) electrons. The Kier molecular flexibility index (Phi) is 219. The van der Waals surface area contributed by atoms with E-state index in [1.54, 1.807) is 5.57 Å². The molecular weight excluding hydrogens is 712 g/mol. The van der Waals surface area contributed by atoms with Crippen LogP contribution in [0.2, 0.25) is 0 Å². The molecule has 0 aromatic carbocycles. The summed E-state index contributed by atoms with van der Waals surface area (Å²) in [5.41, 5.74) is 2.96. The van der Waals surface area contributed by atoms with E-state index in [9.17, 15) is 0 Å². The fourth-order valence-electron chi connectivity index (χ4n) is 2.47. The predicted molar refractivity (Wildman–Crippen MR) is 272 cm³/mol. The van der Waals surface area contributed by atoms with Crippen molar-refractivity contribution in [2.24, 2.45) is 16.2 Å². The molecule has 2 aliphatic carbocycles. The van der Waals surface area contributed by atoms with Crippen LogP contribution >= 0.6 is 0 Å². The van der Waals surface area contributed by atoms with Crippen molar-refractivity contribution in [1.29, 1.82) is 0 Å². The van der Waals surface area contributed by atoms with Gasteiger partial charge in [0.2, 0.25) is 0 Å². The monoisotopic (exact) mass is 840 g/mol. The zero-order valence-corrected chi connectivity index (χ0v) is 45.9. The Labute approximate surface area is 380 Å². The average Bonchev–Trinajstić information content (AvgIpc) is 3.13. The summed E-state index contributed by atoms with van der Waals surface area (Å²) in [7, 11) is 0. The second-order valence-corrected chi connectivity index (χ2v) is 13.1. The van der Waals surface area contributed by atoms with Gasteiger partial charge in [-0.2, -0.15) is 12.8 Å². The third-order valence-corrected chi connectivity index (χ3v) is 3.98. The van der Waals surface area contributed by atoms with Crippen molar-refractivity contribution in [3.05, 3.63) is 37.6 Å². The second-order valence-electron chi connectivity index (χ2n) is 13.1. The quantitative estimate of drug-likeness (QED) is 0.192. The van der Waals surface area contributed by atoms with E-state index < -0.39 is 0 Å². The maximum atomic E-state index is 3.64. The van der Waals surface area contributed by atoms with E-state index >= 15 is 0 Å². The molecule has 0 saturated heterocycles. The number of hydrogen-bond acceptors (Lipinski definition) is 0. The molecule has 0 atom stereocenters. The zero-order chi connectivity index (χ0) is 43.0. The standard InChI is InChI=1S/C10H16.C6H12.2C5H12.C5H10.9C2H6.2CH4.B.Y.H2/c1-10(2,3)9-7-5-4-6-8-9;1-2-4-6-5-3-1;2*1-5(2,3)4;1-3-5-4-2;9*1-2;;;;;/h4-5,7H,6,8H2,1-3H3;1-6H2;2*1-4H3;1-5H2;9*1-2H3;2*1H4;;;1H/q;;;;-2;;;;;;;;;;;;;;/i;;;;;;;;;;;;;;;;;;1+1. The van der Waals surface area contributed by atoms with Crippen molar-refractivity contribution in [1.82, 2.24) is 0 Å². The second kappa shape index (κ2) is 111. The Morgan fingerprint density at radius 1 is 0.472 bits per heavy atom. The molecule has 0 bridgehead atoms. The van der Waals surface area contributed by atoms with Gasteiger partial charge in [0.1, 0.15) is 0 Å². The van der Waals surface area contributed by atoms with E-state index in [1.165, 1.54) is 57.8 Å². The van der Waals surface area contributed by atoms with Gasteiger partial charge in [0, 0.05) is 42.5 Å². The van der Waals surface area contributed by atoms with E-state index in [2.05, 4.69) is 108 Å². The Balaban J connectivity index is -0.0000000190. The Morgan fingerprint density at radius 3 is 0.736 bits per heavy atom. The Hall–Kier alpha value is 0.649. The average molecular weight is 840 g/mol. The molecule has 0 aromatic heterocycles. The van der Waals surface area contributed by atoms with Crippen LogP contribution in [0.25, 0.3) is 0 Å². The minimum absolute atomic E-state index is 0. The summed E-state index contributed by atoms with van der Waals surface area (Å²) < 4.78 is 0. The van der Waals surface area contributed by atoms with Crippen molar-refractivity contribution in [2.45, 2.75) is 286 Å². The van der Waals surface area contributed by atoms with Gasteiger partial charge in [0.05, 0.1) is 0 Å². The molecule has 0 amide bonds. The van der Waals surface area contributed by atoms with Gasteiger partial charge in [-0.05, 0) is 29.1 Å². The van der Waals surface area contributed by atoms with E-state index in [0.29, 0.717) is 16.2 Å². The summed E-state index contributed by atoms with van der Waals surface area (Å²) in [4.78, 5) is 0. The molecule has 0 spiro atoms. The molecule has 2 rings (SSSR count). The molecule has 53 heavy (non-hydrogen) atoms. The third kappa shape index (κ3) is 263. The first kappa shape index (κ1) is 105. The summed E-state index contributed by atoms with van der Waals surface area (Å²) in [6.45, 7) is 67.6. The van der Waals surface area contributed by atoms with Crippen molar-refractivity contribution in [3.63, 3.8) is 0 Å². The Morgan fingerprint density at radius 2 is 0.660 bits per heavy atom. The first-order valence-corrected chi connectivity index (χ1v) is 22.0. The Bertz CT molecular complexity index is 394. The smallest absolute Gasteiger partial charge is 0 e. The van der Waals surface area contributed by atoms with Crippen LogP contribution in [0.1, 0.15) is 288 Å². The van der Waals surface area contributed by atoms with Crippen LogP contribution in [0, 0.1) is 30.1 Å². The van der Waals surface area contributed by atoms with Gasteiger partial charge in [0.15, 0.2) is 0 Å². The van der Waals surface area contributed by atoms with Gasteiger partial charge in [-0.15, -0.1) is 6.42 Å². The minimum atomic E-state index is 0. The molecule has 0 aliphatic heterocycles. The van der Waals surface area contributed by atoms with Crippen LogP contribution in [-0.4, -0.2) is 8.41 Å². The van der Waals surface area contributed by atoms with E-state index in [-0.39, 0.29) is 57.4 Å². The number of allylic oxidation sites excluding steroid dienone is 4. The first-order valence-electron chi connectivity index (χ1n) is 22.0. The number of unbranched alkanes of at least 4 members (excludes halogenated alkanes) is 2. The van der Waals surface area contributed by atoms with Crippen molar-refractivity contribution in [2.75, 3.05) is 0 Å². The van der Waals surface area contributed by atoms with Gasteiger partial charge in [-0.3, -0.25) is 0 Å². The van der Waals surface area contributed by atoms with Crippen LogP contribution in [0.5, 0.6) is 0 Å². The van der Waals surface area contributed by atoms with Gasteiger partial charge < -0.3 is 13.8 Å². The molecule has 338 valence electrons. The van der Waals surface area contributed by atoms with Crippen molar-refractivity contribution in [3.8, 4) is 0 Å². The summed E-state index contributed by atoms with van der Waals surface area (Å²) in [5.74, 6) is 0. The molecule has 0 heterocycles. The summed E-state index contributed by atoms with van der Waals surface area (Å²) in [6, 6.07) is 0. The largest absolute Gasteiger partial charge is 0.343 e. The fourth-order valence-corrected chi connectivity index (χ4v) is 2.47. The zero-order valence-electron chi connectivity index (χ0n) is 43.1. The molecular formula is C51H126BY-2. The van der Waals surface area contributed by atoms with Crippen molar-refractivity contribution >= 4 is 8.41 Å². The number of rotatable bonds is 2. The molecule has 0 N–H and O–H groups in total. The van der Waals surface area contributed by atoms with Crippen LogP contribution in [-0.2, 0) is 32.7 Å². The molecule has 0 unspecified atom stereocenters. The van der Waals surface area contributed by atoms with E-state index in [0.717, 1.165) is 12.8 Å². The molecule has 2 heteroatoms. The molecule has 1 saturated carbocycles. The first-order chi connectivity index (χ1) is 23.0. The summed E-state index contributed by atoms with van der Waals surface area (Å²) in [5, 5.41) is 0. The number of hydrogen-bond donors (Lipinski definition) is 0. The SMILES string of the molecule is C.C.C1CCCCC1.CC.CC.CC.CC.CC.CC.CC.CC.CC.CC(C)(C)C.CC(C)(C)C.CC(C)(C)C1=CC=CCC1.[2HH].[B].[CH2-]CCC[CH2-].[Y]. The van der Waals surface area contributed by atoms with Crippen LogP contribution < -0.4 is 0 Å². The van der Waals surface area contributed by atoms with Gasteiger partial charge >= 0.3 is 0 Å². The van der Waals surface area contributed by atoms with Crippen LogP contribution in [0.4, 0.5) is 0 Å². The van der Waals surface area contributed by atoms with Crippen molar-refractivity contribution < 1.29 is 34.1 Å². The maximum absolute atomic E-state index is 3.64. The van der Waals surface area contributed by atoms with E-state index in [4.69, 9.17) is 0 Å². The van der Waals surface area contributed by atoms with Gasteiger partial charge in [-0.25, -0.2) is 0 Å². The van der Waals surface area contributed by atoms with Gasteiger partial charge in [0.25, 0.3) is 0 Å². The van der Waals surface area contributed by atoms with Gasteiger partial charge in [-0.1, -0.05) is 278 Å².